The third kappa shape index (κ3) is 33.6. The Kier molecular flexibility index (Phi) is 46.2. The number of hydrogen-bond donors (Lipinski definition) is 6. The Morgan fingerprint density at radius 1 is 0.188 bits per heavy atom. The maximum atomic E-state index is 12.2. The van der Waals surface area contributed by atoms with Gasteiger partial charge in [0.05, 0.1) is 75.9 Å². The van der Waals surface area contributed by atoms with Crippen LogP contribution in [0.3, 0.4) is 0 Å². The Morgan fingerprint density at radius 3 is 0.465 bits per heavy atom. The third-order valence-corrected chi connectivity index (χ3v) is 29.3. The Bertz CT molecular complexity index is 4740. The molecule has 6 N–H and O–H groups in total. The first-order valence-electron chi connectivity index (χ1n) is 56.2. The molecule has 0 unspecified atom stereocenters. The fourth-order valence-corrected chi connectivity index (χ4v) is 20.4. The van der Waals surface area contributed by atoms with Gasteiger partial charge in [0.2, 0.25) is 0 Å². The molecule has 33 rings (SSSR count). The fourth-order valence-electron chi connectivity index (χ4n) is 20.4. The predicted octanol–water partition coefficient (Wildman–Crippen LogP) is 33.2. The van der Waals surface area contributed by atoms with Gasteiger partial charge in [-0.2, -0.15) is 0 Å². The van der Waals surface area contributed by atoms with Gasteiger partial charge in [0, 0.05) is 104 Å². The Labute approximate surface area is 861 Å². The van der Waals surface area contributed by atoms with Crippen molar-refractivity contribution in [1.29, 1.82) is 0 Å². The smallest absolute Gasteiger partial charge is 0.128 e. The number of aliphatic imine (C=N–C) groups is 6. The van der Waals surface area contributed by atoms with Crippen molar-refractivity contribution in [3.63, 3.8) is 0 Å². The maximum Gasteiger partial charge on any atom is 0.128 e. The van der Waals surface area contributed by atoms with Crippen molar-refractivity contribution in [3.8, 4) is 136 Å². The third-order valence-electron chi connectivity index (χ3n) is 29.3. The molecule has 0 amide bonds. The van der Waals surface area contributed by atoms with Crippen LogP contribution in [0.2, 0.25) is 0 Å². The van der Waals surface area contributed by atoms with Gasteiger partial charge in [-0.1, -0.05) is 309 Å². The van der Waals surface area contributed by atoms with Gasteiger partial charge in [0.15, 0.2) is 0 Å². The summed E-state index contributed by atoms with van der Waals surface area (Å²) in [4.78, 5) is 31.2. The Morgan fingerprint density at radius 2 is 0.326 bits per heavy atom. The van der Waals surface area contributed by atoms with Gasteiger partial charge >= 0.3 is 0 Å². The van der Waals surface area contributed by atoms with E-state index >= 15 is 0 Å². The number of ether oxygens (including phenoxy) is 6. The van der Waals surface area contributed by atoms with Crippen LogP contribution in [0.5, 0.6) is 69.0 Å². The van der Waals surface area contributed by atoms with E-state index in [-0.39, 0.29) is 70.7 Å². The molecule has 3 saturated carbocycles. The molecule has 18 heteroatoms. The summed E-state index contributed by atoms with van der Waals surface area (Å²) in [5.41, 5.74) is 12.7. The maximum absolute atomic E-state index is 12.2. The second kappa shape index (κ2) is 60.5. The molecule has 18 nitrogen and oxygen atoms in total. The van der Waals surface area contributed by atoms with E-state index < -0.39 is 0 Å². The first kappa shape index (κ1) is 110. The number of hydrogen-bond acceptors (Lipinski definition) is 18. The van der Waals surface area contributed by atoms with Gasteiger partial charge in [0.1, 0.15) is 69.0 Å². The van der Waals surface area contributed by atoms with E-state index in [4.69, 9.17) is 58.4 Å². The first-order valence-corrected chi connectivity index (χ1v) is 56.2. The molecule has 24 aliphatic rings. The lowest BCUT2D eigenvalue weighted by atomic mass is 9.91. The van der Waals surface area contributed by atoms with E-state index in [2.05, 4.69) is 41.5 Å². The lowest BCUT2D eigenvalue weighted by Gasteiger charge is -2.25. The highest BCUT2D eigenvalue weighted by Crippen LogP contribution is 2.49. The molecule has 3 aliphatic carbocycles. The topological polar surface area (TPSA) is 251 Å². The van der Waals surface area contributed by atoms with E-state index in [0.717, 1.165) is 259 Å². The molecule has 3 fully saturated rings. The van der Waals surface area contributed by atoms with E-state index in [9.17, 15) is 30.6 Å². The number of nitrogens with zero attached hydrogens (tertiary/aromatic N) is 6. The van der Waals surface area contributed by atoms with Crippen LogP contribution in [0.15, 0.2) is 176 Å². The van der Waals surface area contributed by atoms with Crippen molar-refractivity contribution >= 4 is 37.3 Å². The van der Waals surface area contributed by atoms with Gasteiger partial charge in [-0.3, -0.25) is 30.0 Å². The molecule has 9 aromatic rings. The molecule has 0 saturated heterocycles. The van der Waals surface area contributed by atoms with Crippen molar-refractivity contribution in [2.45, 2.75) is 386 Å². The SMILES string of the molecule is CCCCCCCCOc1cc2c(OCCCCCCCC)cc1-c1ccc(c(O)c1)C=N[C@@H]1CCCC[C@H]1N=Cc1ccc(cc1O)-c1cc(OCCCCCCCC)c(cc1OCCCCCCCC)-c1ccc(c(O)c1)C=N[C@@H]1CCCC[C@H]1N=Cc1ccc(cc1O)-c1cc(OCCCCCCCC)c(cc1OCCCCCCCC)-c1ccc(c(O)c1)C=N[C@@H]1CCCC[C@H]1N=Cc1ccc-2cc1O. The van der Waals surface area contributed by atoms with Gasteiger partial charge in [-0.15, -0.1) is 0 Å². The van der Waals surface area contributed by atoms with Gasteiger partial charge in [-0.05, 0) is 220 Å². The lowest BCUT2D eigenvalue weighted by Crippen LogP contribution is -2.27. The van der Waals surface area contributed by atoms with Crippen molar-refractivity contribution in [2.24, 2.45) is 30.0 Å². The van der Waals surface area contributed by atoms with E-state index in [0.29, 0.717) is 108 Å². The molecule has 774 valence electrons. The number of phenols is 6. The van der Waals surface area contributed by atoms with Crippen LogP contribution in [-0.4, -0.2) is 144 Å². The molecule has 21 aliphatic heterocycles. The number of phenolic OH excluding ortho intramolecular Hbond substituents is 6. The first-order chi connectivity index (χ1) is 70.7. The molecule has 144 heavy (non-hydrogen) atoms. The molecule has 0 spiro atoms. The Hall–Kier alpha value is -11.4. The lowest BCUT2D eigenvalue weighted by molar-refractivity contribution is 0.298. The van der Waals surface area contributed by atoms with Gasteiger partial charge in [0.25, 0.3) is 0 Å². The zero-order valence-electron chi connectivity index (χ0n) is 87.8. The predicted molar refractivity (Wildman–Crippen MR) is 599 cm³/mol. The summed E-state index contributed by atoms with van der Waals surface area (Å²) in [6.07, 6.45) is 61.2. The zero-order chi connectivity index (χ0) is 101. The monoisotopic (exact) mass is 1960 g/mol. The van der Waals surface area contributed by atoms with Crippen molar-refractivity contribution in [3.05, 3.63) is 179 Å². The van der Waals surface area contributed by atoms with Gasteiger partial charge < -0.3 is 59.1 Å². The summed E-state index contributed by atoms with van der Waals surface area (Å²) < 4.78 is 41.3. The highest BCUT2D eigenvalue weighted by molar-refractivity contribution is 5.94. The molecule has 21 heterocycles. The summed E-state index contributed by atoms with van der Waals surface area (Å²) in [5, 5.41) is 73.2. The molecular weight excluding hydrogens is 1790 g/mol. The minimum atomic E-state index is -0.172. The molecule has 18 bridgehead atoms. The summed E-state index contributed by atoms with van der Waals surface area (Å²) in [7, 11) is 0. The fraction of sp³-hybridized carbons (Fsp3) is 0.524. The van der Waals surface area contributed by atoms with Crippen molar-refractivity contribution < 1.29 is 59.1 Å². The second-order valence-electron chi connectivity index (χ2n) is 40.8. The van der Waals surface area contributed by atoms with Crippen LogP contribution in [0.25, 0.3) is 66.8 Å². The largest absolute Gasteiger partial charge is 0.507 e. The van der Waals surface area contributed by atoms with Crippen LogP contribution in [0.4, 0.5) is 0 Å². The van der Waals surface area contributed by atoms with Crippen LogP contribution in [-0.2, 0) is 0 Å². The molecule has 0 radical (unpaired) electrons. The molecule has 0 aromatic heterocycles. The number of benzene rings is 9. The van der Waals surface area contributed by atoms with E-state index in [1.807, 2.05) is 109 Å². The summed E-state index contributed by atoms with van der Waals surface area (Å²) in [6.45, 7) is 16.4. The van der Waals surface area contributed by atoms with Crippen LogP contribution in [0.1, 0.15) is 383 Å². The summed E-state index contributed by atoms with van der Waals surface area (Å²) in [6, 6.07) is 45.7. The Balaban J connectivity index is 0.882. The molecule has 9 aromatic carbocycles. The van der Waals surface area contributed by atoms with E-state index in [1.165, 1.54) is 116 Å². The van der Waals surface area contributed by atoms with Crippen molar-refractivity contribution in [2.75, 3.05) is 39.6 Å². The average molecular weight is 1960 g/mol. The van der Waals surface area contributed by atoms with E-state index in [1.54, 1.807) is 73.7 Å². The minimum absolute atomic E-state index is 0.0770. The summed E-state index contributed by atoms with van der Waals surface area (Å²) in [5.74, 6) is 4.32. The van der Waals surface area contributed by atoms with Crippen molar-refractivity contribution in [1.82, 2.24) is 0 Å². The summed E-state index contributed by atoms with van der Waals surface area (Å²) >= 11 is 0. The normalized spacial score (nSPS) is 17.0. The molecular formula is C126H168N6O12. The quantitative estimate of drug-likeness (QED) is 0.0195. The standard InChI is InChI=1S/C126H168N6O12/c1-7-13-19-25-31-43-67-139-121-79-104-92-56-62-98(116(134)74-92)86-128-111-51-39-40-52-112(111)130-88-100-64-58-94(76-118(100)136)106-82-126(144-72-48-36-30-24-18-12-6)108(84-125(106)143-71-47-35-29-23-17-11-5)96-60-66-102(120(138)78-96)90-132-114-54-42-41-53-113(114)131-89-101-65-59-95(77-119(101)137)107-83-123(141-69-45-33-27-21-15-9-3)105(81-124(107)142-70-46-34-28-22-16-10-4)93-57-63-99(117(135)75-93)87-129-110-50-38-37-49-109(110)127-85-97-61-55-91(73-115(97)133)103(121)80-122(104)140-68-44-32-26-20-14-8-2/h55-66,73-90,109-114,133-138H,7-54,67-72H2,1-6H3/t109-,110-,111-,112-,113-,114-/m1/s1. The zero-order valence-corrected chi connectivity index (χ0v) is 87.8. The number of aromatic hydroxyl groups is 6. The van der Waals surface area contributed by atoms with Crippen LogP contribution in [0, 0.1) is 0 Å². The van der Waals surface area contributed by atoms with Gasteiger partial charge in [-0.25, -0.2) is 0 Å². The number of rotatable bonds is 48. The number of unbranched alkanes of at least 4 members (excludes halogenated alkanes) is 30. The van der Waals surface area contributed by atoms with Crippen LogP contribution >= 0.6 is 0 Å². The average Bonchev–Trinajstić information content (AvgIpc) is 0.784. The van der Waals surface area contributed by atoms with Crippen LogP contribution < -0.4 is 28.4 Å². The highest BCUT2D eigenvalue weighted by atomic mass is 16.5. The minimum Gasteiger partial charge on any atom is -0.507 e. The highest BCUT2D eigenvalue weighted by Gasteiger charge is 2.30. The molecule has 6 atom stereocenters. The second-order valence-corrected chi connectivity index (χ2v) is 40.8.